The lowest BCUT2D eigenvalue weighted by Gasteiger charge is -2.05. The summed E-state index contributed by atoms with van der Waals surface area (Å²) < 4.78 is 6.47. The number of hydrogen-bond donors (Lipinski definition) is 1. The number of thioether (sulfide) groups is 1. The molecule has 0 aliphatic rings. The fraction of sp³-hybridized carbons (Fsp3) is 0.444. The van der Waals surface area contributed by atoms with Gasteiger partial charge in [0, 0.05) is 18.5 Å². The quantitative estimate of drug-likeness (QED) is 0.766. The van der Waals surface area contributed by atoms with E-state index in [1.165, 1.54) is 7.11 Å². The maximum atomic E-state index is 11.3. The number of aromatic nitrogens is 1. The van der Waals surface area contributed by atoms with Crippen LogP contribution in [0, 0.1) is 0 Å². The fourth-order valence-electron chi connectivity index (χ4n) is 1.18. The number of nitrogens with two attached hydrogens (primary N) is 1. The zero-order valence-electron chi connectivity index (χ0n) is 8.32. The minimum absolute atomic E-state index is 0.345. The molecule has 0 saturated heterocycles. The molecule has 4 nitrogen and oxygen atoms in total. The van der Waals surface area contributed by atoms with Crippen LogP contribution in [-0.4, -0.2) is 29.7 Å². The average Bonchev–Trinajstić information content (AvgIpc) is 2.55. The van der Waals surface area contributed by atoms with Gasteiger partial charge in [-0.25, -0.2) is 4.79 Å². The SMILES string of the molecule is COC(=O)c1cc(N)cn1CCSC. The molecule has 0 atom stereocenters. The Morgan fingerprint density at radius 3 is 3.00 bits per heavy atom. The molecule has 0 radical (unpaired) electrons. The minimum Gasteiger partial charge on any atom is -0.464 e. The Morgan fingerprint density at radius 1 is 1.71 bits per heavy atom. The van der Waals surface area contributed by atoms with Gasteiger partial charge < -0.3 is 15.0 Å². The molecule has 1 aromatic rings. The first-order valence-corrected chi connectivity index (χ1v) is 5.61. The van der Waals surface area contributed by atoms with Crippen LogP contribution in [0.15, 0.2) is 12.3 Å². The van der Waals surface area contributed by atoms with Gasteiger partial charge in [0.1, 0.15) is 5.69 Å². The lowest BCUT2D eigenvalue weighted by Crippen LogP contribution is -2.10. The number of ether oxygens (including phenoxy) is 1. The maximum absolute atomic E-state index is 11.3. The highest BCUT2D eigenvalue weighted by atomic mass is 32.2. The largest absolute Gasteiger partial charge is 0.464 e. The van der Waals surface area contributed by atoms with Crippen molar-refractivity contribution >= 4 is 23.4 Å². The average molecular weight is 214 g/mol. The summed E-state index contributed by atoms with van der Waals surface area (Å²) in [5, 5.41) is 0. The van der Waals surface area contributed by atoms with E-state index in [0.29, 0.717) is 11.4 Å². The van der Waals surface area contributed by atoms with Crippen molar-refractivity contribution in [2.24, 2.45) is 0 Å². The molecule has 0 spiro atoms. The van der Waals surface area contributed by atoms with Crippen molar-refractivity contribution in [3.05, 3.63) is 18.0 Å². The van der Waals surface area contributed by atoms with Crippen LogP contribution in [0.4, 0.5) is 5.69 Å². The molecule has 0 saturated carbocycles. The summed E-state index contributed by atoms with van der Waals surface area (Å²) in [7, 11) is 1.37. The molecule has 78 valence electrons. The molecule has 0 unspecified atom stereocenters. The van der Waals surface area contributed by atoms with Crippen molar-refractivity contribution in [2.75, 3.05) is 24.9 Å². The predicted octanol–water partition coefficient (Wildman–Crippen LogP) is 1.22. The van der Waals surface area contributed by atoms with Gasteiger partial charge >= 0.3 is 5.97 Å². The number of esters is 1. The van der Waals surface area contributed by atoms with Gasteiger partial charge in [-0.2, -0.15) is 11.8 Å². The highest BCUT2D eigenvalue weighted by molar-refractivity contribution is 7.98. The molecule has 2 N–H and O–H groups in total. The van der Waals surface area contributed by atoms with Crippen LogP contribution in [0.1, 0.15) is 10.5 Å². The van der Waals surface area contributed by atoms with Crippen molar-refractivity contribution in [3.8, 4) is 0 Å². The van der Waals surface area contributed by atoms with Crippen molar-refractivity contribution < 1.29 is 9.53 Å². The third-order valence-corrected chi connectivity index (χ3v) is 2.44. The van der Waals surface area contributed by atoms with Crippen molar-refractivity contribution in [3.63, 3.8) is 0 Å². The zero-order valence-corrected chi connectivity index (χ0v) is 9.13. The zero-order chi connectivity index (χ0) is 10.6. The number of anilines is 1. The van der Waals surface area contributed by atoms with E-state index in [-0.39, 0.29) is 5.97 Å². The summed E-state index contributed by atoms with van der Waals surface area (Å²) in [5.74, 6) is 0.598. The van der Waals surface area contributed by atoms with Gasteiger partial charge in [-0.3, -0.25) is 0 Å². The molecule has 0 fully saturated rings. The second-order valence-corrected chi connectivity index (χ2v) is 3.82. The minimum atomic E-state index is -0.345. The Balaban J connectivity index is 2.85. The number of hydrogen-bond acceptors (Lipinski definition) is 4. The highest BCUT2D eigenvalue weighted by Crippen LogP contribution is 2.12. The third kappa shape index (κ3) is 2.45. The number of rotatable bonds is 4. The molecule has 1 heterocycles. The summed E-state index contributed by atoms with van der Waals surface area (Å²) in [5.41, 5.74) is 6.71. The topological polar surface area (TPSA) is 57.2 Å². The summed E-state index contributed by atoms with van der Waals surface area (Å²) in [6, 6.07) is 1.63. The number of carbonyl (C=O) groups excluding carboxylic acids is 1. The molecule has 0 aromatic carbocycles. The lowest BCUT2D eigenvalue weighted by atomic mass is 10.4. The molecule has 5 heteroatoms. The van der Waals surface area contributed by atoms with E-state index in [1.807, 2.05) is 10.8 Å². The molecule has 1 rings (SSSR count). The molecular formula is C9H14N2O2S. The number of aryl methyl sites for hydroxylation is 1. The van der Waals surface area contributed by atoms with E-state index < -0.39 is 0 Å². The Morgan fingerprint density at radius 2 is 2.43 bits per heavy atom. The molecular weight excluding hydrogens is 200 g/mol. The van der Waals surface area contributed by atoms with Crippen LogP contribution >= 0.6 is 11.8 Å². The van der Waals surface area contributed by atoms with Gasteiger partial charge in [0.2, 0.25) is 0 Å². The van der Waals surface area contributed by atoms with E-state index in [0.717, 1.165) is 12.3 Å². The van der Waals surface area contributed by atoms with Gasteiger partial charge in [-0.05, 0) is 12.3 Å². The standard InChI is InChI=1S/C9H14N2O2S/c1-13-9(12)8-5-7(10)6-11(8)3-4-14-2/h5-6H,3-4,10H2,1-2H3. The van der Waals surface area contributed by atoms with Crippen LogP contribution in [0.2, 0.25) is 0 Å². The first-order valence-electron chi connectivity index (χ1n) is 4.22. The Hall–Kier alpha value is -1.10. The van der Waals surface area contributed by atoms with Gasteiger partial charge in [0.05, 0.1) is 12.8 Å². The van der Waals surface area contributed by atoms with E-state index in [9.17, 15) is 4.79 Å². The van der Waals surface area contributed by atoms with Gasteiger partial charge in [-0.15, -0.1) is 0 Å². The van der Waals surface area contributed by atoms with Crippen LogP contribution < -0.4 is 5.73 Å². The first kappa shape index (κ1) is 11.0. The van der Waals surface area contributed by atoms with Crippen molar-refractivity contribution in [1.29, 1.82) is 0 Å². The number of methoxy groups -OCH3 is 1. The summed E-state index contributed by atoms with van der Waals surface area (Å²) >= 11 is 1.72. The second-order valence-electron chi connectivity index (χ2n) is 2.84. The van der Waals surface area contributed by atoms with E-state index in [2.05, 4.69) is 4.74 Å². The Bertz CT molecular complexity index is 323. The summed E-state index contributed by atoms with van der Waals surface area (Å²) in [4.78, 5) is 11.3. The lowest BCUT2D eigenvalue weighted by molar-refractivity contribution is 0.0589. The molecule has 14 heavy (non-hydrogen) atoms. The Labute approximate surface area is 87.4 Å². The molecule has 0 amide bonds. The highest BCUT2D eigenvalue weighted by Gasteiger charge is 2.12. The first-order chi connectivity index (χ1) is 6.69. The summed E-state index contributed by atoms with van der Waals surface area (Å²) in [6.45, 7) is 0.767. The maximum Gasteiger partial charge on any atom is 0.354 e. The van der Waals surface area contributed by atoms with E-state index in [1.54, 1.807) is 24.0 Å². The van der Waals surface area contributed by atoms with Crippen molar-refractivity contribution in [1.82, 2.24) is 4.57 Å². The molecule has 0 bridgehead atoms. The van der Waals surface area contributed by atoms with Gasteiger partial charge in [0.25, 0.3) is 0 Å². The second kappa shape index (κ2) is 4.95. The fourth-order valence-corrected chi connectivity index (χ4v) is 1.56. The molecule has 0 aliphatic carbocycles. The molecule has 0 aliphatic heterocycles. The van der Waals surface area contributed by atoms with Crippen LogP contribution in [0.3, 0.4) is 0 Å². The predicted molar refractivity (Wildman–Crippen MR) is 58.6 cm³/mol. The van der Waals surface area contributed by atoms with Crippen molar-refractivity contribution in [2.45, 2.75) is 6.54 Å². The van der Waals surface area contributed by atoms with Crippen LogP contribution in [-0.2, 0) is 11.3 Å². The van der Waals surface area contributed by atoms with Gasteiger partial charge in [0.15, 0.2) is 0 Å². The van der Waals surface area contributed by atoms with E-state index in [4.69, 9.17) is 5.73 Å². The summed E-state index contributed by atoms with van der Waals surface area (Å²) in [6.07, 6.45) is 3.77. The number of nitrogens with zero attached hydrogens (tertiary/aromatic N) is 1. The van der Waals surface area contributed by atoms with Crippen LogP contribution in [0.25, 0.3) is 0 Å². The normalized spacial score (nSPS) is 10.1. The third-order valence-electron chi connectivity index (χ3n) is 1.85. The van der Waals surface area contributed by atoms with Crippen LogP contribution in [0.5, 0.6) is 0 Å². The number of nitrogen functional groups attached to an aromatic ring is 1. The number of carbonyl (C=O) groups is 1. The molecule has 1 aromatic heterocycles. The van der Waals surface area contributed by atoms with Gasteiger partial charge in [-0.1, -0.05) is 0 Å². The van der Waals surface area contributed by atoms with E-state index >= 15 is 0 Å². The Kier molecular flexibility index (Phi) is 3.88. The smallest absolute Gasteiger partial charge is 0.354 e. The monoisotopic (exact) mass is 214 g/mol.